The second kappa shape index (κ2) is 6.58. The molecule has 4 rings (SSSR count). The highest BCUT2D eigenvalue weighted by Gasteiger charge is 2.27. The summed E-state index contributed by atoms with van der Waals surface area (Å²) in [7, 11) is 0. The molecular formula is C18H21N7. The SMILES string of the molecule is Cc1cc(C)nc(N2CCC[C@@H](c3nccnc3-n3ccnc3)C2)n1. The Hall–Kier alpha value is -2.83. The molecule has 0 unspecified atom stereocenters. The lowest BCUT2D eigenvalue weighted by molar-refractivity contribution is 0.491. The van der Waals surface area contributed by atoms with Crippen molar-refractivity contribution < 1.29 is 0 Å². The van der Waals surface area contributed by atoms with Gasteiger partial charge < -0.3 is 4.90 Å². The Kier molecular flexibility index (Phi) is 4.13. The quantitative estimate of drug-likeness (QED) is 0.732. The lowest BCUT2D eigenvalue weighted by Gasteiger charge is -2.33. The minimum absolute atomic E-state index is 0.296. The Labute approximate surface area is 146 Å². The third kappa shape index (κ3) is 3.22. The van der Waals surface area contributed by atoms with Crippen LogP contribution in [0.3, 0.4) is 0 Å². The molecule has 1 aliphatic heterocycles. The van der Waals surface area contributed by atoms with E-state index in [1.807, 2.05) is 30.7 Å². The summed E-state index contributed by atoms with van der Waals surface area (Å²) < 4.78 is 1.93. The molecule has 7 heteroatoms. The van der Waals surface area contributed by atoms with Crippen molar-refractivity contribution in [2.24, 2.45) is 0 Å². The summed E-state index contributed by atoms with van der Waals surface area (Å²) in [5.41, 5.74) is 3.01. The second-order valence-corrected chi connectivity index (χ2v) is 6.47. The van der Waals surface area contributed by atoms with Gasteiger partial charge in [0.05, 0.1) is 5.69 Å². The molecule has 1 saturated heterocycles. The van der Waals surface area contributed by atoms with Gasteiger partial charge >= 0.3 is 0 Å². The van der Waals surface area contributed by atoms with Crippen molar-refractivity contribution in [2.75, 3.05) is 18.0 Å². The first kappa shape index (κ1) is 15.7. The maximum atomic E-state index is 4.64. The maximum absolute atomic E-state index is 4.64. The van der Waals surface area contributed by atoms with Crippen LogP contribution >= 0.6 is 0 Å². The van der Waals surface area contributed by atoms with Crippen molar-refractivity contribution in [1.29, 1.82) is 0 Å². The fourth-order valence-electron chi connectivity index (χ4n) is 3.44. The number of hydrogen-bond acceptors (Lipinski definition) is 6. The van der Waals surface area contributed by atoms with Gasteiger partial charge in [-0.1, -0.05) is 0 Å². The highest BCUT2D eigenvalue weighted by molar-refractivity contribution is 5.37. The first-order chi connectivity index (χ1) is 12.2. The van der Waals surface area contributed by atoms with Gasteiger partial charge in [-0.2, -0.15) is 0 Å². The minimum atomic E-state index is 0.296. The van der Waals surface area contributed by atoms with Crippen LogP contribution in [-0.2, 0) is 0 Å². The van der Waals surface area contributed by atoms with Crippen LogP contribution in [0.2, 0.25) is 0 Å². The van der Waals surface area contributed by atoms with E-state index in [9.17, 15) is 0 Å². The molecule has 0 saturated carbocycles. The van der Waals surface area contributed by atoms with E-state index in [0.29, 0.717) is 5.92 Å². The molecule has 0 bridgehead atoms. The molecule has 0 aliphatic carbocycles. The first-order valence-corrected chi connectivity index (χ1v) is 8.57. The van der Waals surface area contributed by atoms with E-state index in [1.165, 1.54) is 0 Å². The molecule has 0 aromatic carbocycles. The molecule has 1 aliphatic rings. The molecule has 3 aromatic heterocycles. The number of imidazole rings is 1. The zero-order valence-electron chi connectivity index (χ0n) is 14.5. The average Bonchev–Trinajstić information content (AvgIpc) is 3.16. The summed E-state index contributed by atoms with van der Waals surface area (Å²) in [5.74, 6) is 1.97. The molecule has 0 spiro atoms. The second-order valence-electron chi connectivity index (χ2n) is 6.47. The van der Waals surface area contributed by atoms with E-state index in [-0.39, 0.29) is 0 Å². The van der Waals surface area contributed by atoms with Crippen LogP contribution in [0, 0.1) is 13.8 Å². The molecule has 7 nitrogen and oxygen atoms in total. The van der Waals surface area contributed by atoms with Gasteiger partial charge in [0, 0.05) is 55.2 Å². The highest BCUT2D eigenvalue weighted by atomic mass is 15.3. The van der Waals surface area contributed by atoms with E-state index in [2.05, 4.69) is 29.8 Å². The predicted octanol–water partition coefficient (Wildman–Crippen LogP) is 2.45. The zero-order valence-corrected chi connectivity index (χ0v) is 14.5. The normalized spacial score (nSPS) is 17.7. The van der Waals surface area contributed by atoms with Gasteiger partial charge in [-0.05, 0) is 32.8 Å². The Morgan fingerprint density at radius 3 is 2.60 bits per heavy atom. The van der Waals surface area contributed by atoms with Crippen LogP contribution < -0.4 is 4.90 Å². The van der Waals surface area contributed by atoms with Crippen LogP contribution in [0.25, 0.3) is 5.82 Å². The van der Waals surface area contributed by atoms with Crippen LogP contribution in [0.15, 0.2) is 37.2 Å². The van der Waals surface area contributed by atoms with E-state index >= 15 is 0 Å². The monoisotopic (exact) mass is 335 g/mol. The first-order valence-electron chi connectivity index (χ1n) is 8.57. The molecule has 0 amide bonds. The molecule has 0 radical (unpaired) electrons. The molecule has 128 valence electrons. The summed E-state index contributed by atoms with van der Waals surface area (Å²) in [6.45, 7) is 5.85. The minimum Gasteiger partial charge on any atom is -0.340 e. The lowest BCUT2D eigenvalue weighted by Crippen LogP contribution is -2.36. The summed E-state index contributed by atoms with van der Waals surface area (Å²) in [6.07, 6.45) is 11.1. The summed E-state index contributed by atoms with van der Waals surface area (Å²) in [6, 6.07) is 2.00. The van der Waals surface area contributed by atoms with Crippen molar-refractivity contribution in [3.63, 3.8) is 0 Å². The molecule has 25 heavy (non-hydrogen) atoms. The molecular weight excluding hydrogens is 314 g/mol. The van der Waals surface area contributed by atoms with Crippen LogP contribution in [0.5, 0.6) is 0 Å². The fourth-order valence-corrected chi connectivity index (χ4v) is 3.44. The molecule has 1 fully saturated rings. The van der Waals surface area contributed by atoms with Crippen LogP contribution in [-0.4, -0.2) is 42.6 Å². The molecule has 0 N–H and O–H groups in total. The largest absolute Gasteiger partial charge is 0.340 e. The van der Waals surface area contributed by atoms with Crippen molar-refractivity contribution in [2.45, 2.75) is 32.6 Å². The number of rotatable bonds is 3. The Balaban J connectivity index is 1.64. The van der Waals surface area contributed by atoms with Gasteiger partial charge in [0.1, 0.15) is 6.33 Å². The van der Waals surface area contributed by atoms with Crippen molar-refractivity contribution in [3.8, 4) is 5.82 Å². The topological polar surface area (TPSA) is 72.6 Å². The lowest BCUT2D eigenvalue weighted by atomic mass is 9.94. The number of hydrogen-bond donors (Lipinski definition) is 0. The van der Waals surface area contributed by atoms with E-state index < -0.39 is 0 Å². The number of aryl methyl sites for hydroxylation is 2. The van der Waals surface area contributed by atoms with Gasteiger partial charge in [-0.3, -0.25) is 9.55 Å². The Morgan fingerprint density at radius 2 is 1.84 bits per heavy atom. The van der Waals surface area contributed by atoms with E-state index in [1.54, 1.807) is 24.9 Å². The van der Waals surface area contributed by atoms with Crippen LogP contribution in [0.4, 0.5) is 5.95 Å². The molecule has 3 aromatic rings. The van der Waals surface area contributed by atoms with Gasteiger partial charge in [-0.15, -0.1) is 0 Å². The van der Waals surface area contributed by atoms with Gasteiger partial charge in [0.25, 0.3) is 0 Å². The molecule has 4 heterocycles. The van der Waals surface area contributed by atoms with Crippen molar-refractivity contribution in [1.82, 2.24) is 29.5 Å². The van der Waals surface area contributed by atoms with Crippen molar-refractivity contribution >= 4 is 5.95 Å². The van der Waals surface area contributed by atoms with Gasteiger partial charge in [0.2, 0.25) is 5.95 Å². The number of anilines is 1. The standard InChI is InChI=1S/C18H21N7/c1-13-10-14(2)23-18(22-13)24-8-3-4-15(11-24)16-17(21-6-5-20-16)25-9-7-19-12-25/h5-7,9-10,12,15H,3-4,8,11H2,1-2H3/t15-/m1/s1. The highest BCUT2D eigenvalue weighted by Crippen LogP contribution is 2.30. The third-order valence-electron chi connectivity index (χ3n) is 4.52. The molecule has 1 atom stereocenters. The summed E-state index contributed by atoms with van der Waals surface area (Å²) >= 11 is 0. The Morgan fingerprint density at radius 1 is 1.04 bits per heavy atom. The number of nitrogens with zero attached hydrogens (tertiary/aromatic N) is 7. The van der Waals surface area contributed by atoms with E-state index in [0.717, 1.165) is 54.8 Å². The summed E-state index contributed by atoms with van der Waals surface area (Å²) in [5, 5.41) is 0. The van der Waals surface area contributed by atoms with Crippen molar-refractivity contribution in [3.05, 3.63) is 54.3 Å². The van der Waals surface area contributed by atoms with E-state index in [4.69, 9.17) is 0 Å². The van der Waals surface area contributed by atoms with Gasteiger partial charge in [-0.25, -0.2) is 19.9 Å². The van der Waals surface area contributed by atoms with Crippen LogP contribution in [0.1, 0.15) is 35.8 Å². The predicted molar refractivity (Wildman–Crippen MR) is 94.8 cm³/mol. The zero-order chi connectivity index (χ0) is 17.2. The Bertz CT molecular complexity index is 839. The number of aromatic nitrogens is 6. The third-order valence-corrected chi connectivity index (χ3v) is 4.52. The summed E-state index contributed by atoms with van der Waals surface area (Å²) in [4.78, 5) is 24.8. The smallest absolute Gasteiger partial charge is 0.225 e. The van der Waals surface area contributed by atoms with Gasteiger partial charge in [0.15, 0.2) is 5.82 Å². The number of piperidine rings is 1. The maximum Gasteiger partial charge on any atom is 0.225 e. The fraction of sp³-hybridized carbons (Fsp3) is 0.389. The average molecular weight is 335 g/mol.